The van der Waals surface area contributed by atoms with Crippen LogP contribution in [0, 0.1) is 12.8 Å². The van der Waals surface area contributed by atoms with Gasteiger partial charge in [-0.25, -0.2) is 0 Å². The lowest BCUT2D eigenvalue weighted by Crippen LogP contribution is -2.30. The molecule has 88 valence electrons. The molecule has 0 saturated carbocycles. The smallest absolute Gasteiger partial charge is 0.292 e. The normalized spacial score (nSPS) is 20.4. The zero-order valence-corrected chi connectivity index (χ0v) is 9.69. The van der Waals surface area contributed by atoms with Crippen molar-refractivity contribution < 1.29 is 9.32 Å². The SMILES string of the molecule is CNCC1CCN(C(=O)c2oncc2C)C1. The average Bonchev–Trinajstić information content (AvgIpc) is 2.87. The van der Waals surface area contributed by atoms with Crippen molar-refractivity contribution in [3.8, 4) is 0 Å². The van der Waals surface area contributed by atoms with Crippen molar-refractivity contribution >= 4 is 5.91 Å². The second kappa shape index (κ2) is 4.65. The Labute approximate surface area is 94.8 Å². The van der Waals surface area contributed by atoms with Crippen molar-refractivity contribution in [3.05, 3.63) is 17.5 Å². The third-order valence-corrected chi connectivity index (χ3v) is 3.01. The van der Waals surface area contributed by atoms with Crippen LogP contribution in [0.15, 0.2) is 10.7 Å². The number of amides is 1. The van der Waals surface area contributed by atoms with Crippen LogP contribution in [0.5, 0.6) is 0 Å². The van der Waals surface area contributed by atoms with E-state index in [1.54, 1.807) is 6.20 Å². The van der Waals surface area contributed by atoms with Crippen LogP contribution in [0.4, 0.5) is 0 Å². The van der Waals surface area contributed by atoms with Gasteiger partial charge < -0.3 is 14.7 Å². The Morgan fingerprint density at radius 2 is 2.56 bits per heavy atom. The molecule has 1 fully saturated rings. The molecule has 1 saturated heterocycles. The first kappa shape index (κ1) is 11.1. The molecule has 1 aromatic rings. The van der Waals surface area contributed by atoms with Crippen molar-refractivity contribution in [1.82, 2.24) is 15.4 Å². The first-order chi connectivity index (χ1) is 7.72. The molecule has 16 heavy (non-hydrogen) atoms. The second-order valence-electron chi connectivity index (χ2n) is 4.30. The molecule has 2 rings (SSSR count). The Hall–Kier alpha value is -1.36. The van der Waals surface area contributed by atoms with Gasteiger partial charge in [0, 0.05) is 18.7 Å². The van der Waals surface area contributed by atoms with Crippen molar-refractivity contribution in [2.75, 3.05) is 26.7 Å². The van der Waals surface area contributed by atoms with Crippen LogP contribution < -0.4 is 5.32 Å². The molecule has 1 unspecified atom stereocenters. The van der Waals surface area contributed by atoms with Crippen molar-refractivity contribution in [2.45, 2.75) is 13.3 Å². The van der Waals surface area contributed by atoms with Gasteiger partial charge in [0.1, 0.15) is 0 Å². The lowest BCUT2D eigenvalue weighted by molar-refractivity contribution is 0.0744. The number of carbonyl (C=O) groups is 1. The summed E-state index contributed by atoms with van der Waals surface area (Å²) in [6.45, 7) is 4.41. The summed E-state index contributed by atoms with van der Waals surface area (Å²) in [5, 5.41) is 6.78. The predicted octanol–water partition coefficient (Wildman–Crippen LogP) is 0.665. The van der Waals surface area contributed by atoms with E-state index in [4.69, 9.17) is 4.52 Å². The third-order valence-electron chi connectivity index (χ3n) is 3.01. The van der Waals surface area contributed by atoms with E-state index in [9.17, 15) is 4.79 Å². The second-order valence-corrected chi connectivity index (χ2v) is 4.30. The monoisotopic (exact) mass is 223 g/mol. The van der Waals surface area contributed by atoms with E-state index in [1.165, 1.54) is 0 Å². The predicted molar refractivity (Wildman–Crippen MR) is 59.2 cm³/mol. The van der Waals surface area contributed by atoms with E-state index in [0.717, 1.165) is 31.6 Å². The summed E-state index contributed by atoms with van der Waals surface area (Å²) in [7, 11) is 1.94. The van der Waals surface area contributed by atoms with Gasteiger partial charge in [0.25, 0.3) is 5.91 Å². The van der Waals surface area contributed by atoms with Crippen LogP contribution in [-0.4, -0.2) is 42.6 Å². The summed E-state index contributed by atoms with van der Waals surface area (Å²) in [6.07, 6.45) is 2.63. The molecule has 0 radical (unpaired) electrons. The molecule has 5 heteroatoms. The van der Waals surface area contributed by atoms with Gasteiger partial charge in [0.15, 0.2) is 0 Å². The fourth-order valence-electron chi connectivity index (χ4n) is 2.11. The van der Waals surface area contributed by atoms with E-state index in [-0.39, 0.29) is 5.91 Å². The van der Waals surface area contributed by atoms with Crippen LogP contribution in [0.3, 0.4) is 0 Å². The molecule has 0 aromatic carbocycles. The number of aryl methyl sites for hydroxylation is 1. The van der Waals surface area contributed by atoms with Gasteiger partial charge in [-0.1, -0.05) is 5.16 Å². The Balaban J connectivity index is 2.00. The van der Waals surface area contributed by atoms with Gasteiger partial charge in [-0.3, -0.25) is 4.79 Å². The molecule has 1 aliphatic rings. The zero-order chi connectivity index (χ0) is 11.5. The molecular weight excluding hydrogens is 206 g/mol. The number of hydrogen-bond acceptors (Lipinski definition) is 4. The van der Waals surface area contributed by atoms with Gasteiger partial charge in [-0.15, -0.1) is 0 Å². The number of rotatable bonds is 3. The van der Waals surface area contributed by atoms with Crippen molar-refractivity contribution in [3.63, 3.8) is 0 Å². The highest BCUT2D eigenvalue weighted by Crippen LogP contribution is 2.19. The molecule has 0 aliphatic carbocycles. The average molecular weight is 223 g/mol. The van der Waals surface area contributed by atoms with E-state index < -0.39 is 0 Å². The Morgan fingerprint density at radius 1 is 1.75 bits per heavy atom. The van der Waals surface area contributed by atoms with Gasteiger partial charge in [-0.05, 0) is 32.9 Å². The maximum Gasteiger partial charge on any atom is 0.292 e. The summed E-state index contributed by atoms with van der Waals surface area (Å²) in [4.78, 5) is 13.9. The Morgan fingerprint density at radius 3 is 3.19 bits per heavy atom. The fraction of sp³-hybridized carbons (Fsp3) is 0.636. The largest absolute Gasteiger partial charge is 0.351 e. The number of nitrogens with zero attached hydrogens (tertiary/aromatic N) is 2. The van der Waals surface area contributed by atoms with Gasteiger partial charge in [0.05, 0.1) is 6.20 Å². The molecule has 1 aromatic heterocycles. The van der Waals surface area contributed by atoms with Crippen molar-refractivity contribution in [2.24, 2.45) is 5.92 Å². The van der Waals surface area contributed by atoms with Crippen LogP contribution in [0.2, 0.25) is 0 Å². The minimum atomic E-state index is -0.0337. The molecular formula is C11H17N3O2. The number of hydrogen-bond donors (Lipinski definition) is 1. The Bertz CT molecular complexity index is 375. The molecule has 0 bridgehead atoms. The summed E-state index contributed by atoms with van der Waals surface area (Å²) in [5.41, 5.74) is 0.807. The lowest BCUT2D eigenvalue weighted by atomic mass is 10.1. The van der Waals surface area contributed by atoms with Crippen LogP contribution in [0.1, 0.15) is 22.5 Å². The van der Waals surface area contributed by atoms with Crippen LogP contribution >= 0.6 is 0 Å². The summed E-state index contributed by atoms with van der Waals surface area (Å²) in [5.74, 6) is 0.899. The maximum absolute atomic E-state index is 12.1. The first-order valence-corrected chi connectivity index (χ1v) is 5.57. The minimum Gasteiger partial charge on any atom is -0.351 e. The molecule has 1 N–H and O–H groups in total. The number of carbonyl (C=O) groups excluding carboxylic acids is 1. The van der Waals surface area contributed by atoms with Gasteiger partial charge in [0.2, 0.25) is 5.76 Å². The van der Waals surface area contributed by atoms with Gasteiger partial charge in [-0.2, -0.15) is 0 Å². The molecule has 0 spiro atoms. The summed E-state index contributed by atoms with van der Waals surface area (Å²) in [6, 6.07) is 0. The van der Waals surface area contributed by atoms with E-state index in [1.807, 2.05) is 18.9 Å². The highest BCUT2D eigenvalue weighted by molar-refractivity contribution is 5.92. The maximum atomic E-state index is 12.1. The Kier molecular flexibility index (Phi) is 3.24. The van der Waals surface area contributed by atoms with Gasteiger partial charge >= 0.3 is 0 Å². The zero-order valence-electron chi connectivity index (χ0n) is 9.69. The highest BCUT2D eigenvalue weighted by Gasteiger charge is 2.29. The minimum absolute atomic E-state index is 0.0337. The van der Waals surface area contributed by atoms with Crippen LogP contribution in [-0.2, 0) is 0 Å². The topological polar surface area (TPSA) is 58.4 Å². The van der Waals surface area contributed by atoms with E-state index >= 15 is 0 Å². The standard InChI is InChI=1S/C11H17N3O2/c1-8-5-13-16-10(8)11(15)14-4-3-9(7-14)6-12-2/h5,9,12H,3-4,6-7H2,1-2H3. The lowest BCUT2D eigenvalue weighted by Gasteiger charge is -2.14. The number of nitrogens with one attached hydrogen (secondary N) is 1. The van der Waals surface area contributed by atoms with Crippen LogP contribution in [0.25, 0.3) is 0 Å². The number of aromatic nitrogens is 1. The van der Waals surface area contributed by atoms with E-state index in [0.29, 0.717) is 11.7 Å². The third kappa shape index (κ3) is 2.09. The number of likely N-dealkylation sites (tertiary alicyclic amines) is 1. The highest BCUT2D eigenvalue weighted by atomic mass is 16.5. The molecule has 1 aliphatic heterocycles. The molecule has 2 heterocycles. The quantitative estimate of drug-likeness (QED) is 0.818. The first-order valence-electron chi connectivity index (χ1n) is 5.57. The molecule has 5 nitrogen and oxygen atoms in total. The molecule has 1 atom stereocenters. The fourth-order valence-corrected chi connectivity index (χ4v) is 2.11. The van der Waals surface area contributed by atoms with Crippen molar-refractivity contribution in [1.29, 1.82) is 0 Å². The summed E-state index contributed by atoms with van der Waals surface area (Å²) >= 11 is 0. The molecule has 1 amide bonds. The summed E-state index contributed by atoms with van der Waals surface area (Å²) < 4.78 is 4.98. The van der Waals surface area contributed by atoms with E-state index in [2.05, 4.69) is 10.5 Å².